The van der Waals surface area contributed by atoms with Crippen molar-refractivity contribution in [3.63, 3.8) is 0 Å². The van der Waals surface area contributed by atoms with Gasteiger partial charge in [-0.3, -0.25) is 9.69 Å². The van der Waals surface area contributed by atoms with Crippen LogP contribution in [0.25, 0.3) is 0 Å². The topological polar surface area (TPSA) is 49.6 Å². The third kappa shape index (κ3) is 3.70. The van der Waals surface area contributed by atoms with Crippen LogP contribution < -0.4 is 5.73 Å². The van der Waals surface area contributed by atoms with Gasteiger partial charge in [0.25, 0.3) is 0 Å². The Balaban J connectivity index is 2.84. The van der Waals surface area contributed by atoms with E-state index in [1.807, 2.05) is 36.2 Å². The van der Waals surface area contributed by atoms with Gasteiger partial charge in [0.05, 0.1) is 6.54 Å². The molecule has 0 aliphatic heterocycles. The number of carbonyl (C=O) groups excluding carboxylic acids is 1. The first-order chi connectivity index (χ1) is 8.47. The molecule has 2 N–H and O–H groups in total. The van der Waals surface area contributed by atoms with Crippen LogP contribution >= 0.6 is 11.6 Å². The summed E-state index contributed by atoms with van der Waals surface area (Å²) in [5, 5.41) is 0.678. The number of hydrogen-bond acceptors (Lipinski definition) is 3. The molecule has 1 aromatic rings. The smallest absolute Gasteiger partial charge is 0.236 e. The number of nitrogens with zero attached hydrogens (tertiary/aromatic N) is 2. The van der Waals surface area contributed by atoms with Gasteiger partial charge in [-0.05, 0) is 18.7 Å². The van der Waals surface area contributed by atoms with Crippen molar-refractivity contribution in [3.05, 3.63) is 34.9 Å². The summed E-state index contributed by atoms with van der Waals surface area (Å²) in [5.74, 6) is 0.0444. The van der Waals surface area contributed by atoms with Gasteiger partial charge in [-0.15, -0.1) is 0 Å². The maximum atomic E-state index is 11.7. The van der Waals surface area contributed by atoms with E-state index in [-0.39, 0.29) is 11.9 Å². The molecule has 1 atom stereocenters. The molecule has 0 fully saturated rings. The van der Waals surface area contributed by atoms with Crippen molar-refractivity contribution >= 4 is 17.5 Å². The quantitative estimate of drug-likeness (QED) is 0.878. The van der Waals surface area contributed by atoms with Gasteiger partial charge in [0.1, 0.15) is 0 Å². The summed E-state index contributed by atoms with van der Waals surface area (Å²) in [6.45, 7) is 0.737. The number of hydrogen-bond donors (Lipinski definition) is 1. The molecule has 1 unspecified atom stereocenters. The van der Waals surface area contributed by atoms with E-state index in [0.29, 0.717) is 18.1 Å². The maximum Gasteiger partial charge on any atom is 0.236 e. The largest absolute Gasteiger partial charge is 0.348 e. The Labute approximate surface area is 113 Å². The minimum absolute atomic E-state index is 0.0444. The van der Waals surface area contributed by atoms with Gasteiger partial charge in [0, 0.05) is 31.7 Å². The second kappa shape index (κ2) is 6.73. The molecule has 0 aliphatic rings. The van der Waals surface area contributed by atoms with Crippen LogP contribution in [0.1, 0.15) is 11.6 Å². The normalized spacial score (nSPS) is 12.6. The fraction of sp³-hybridized carbons (Fsp3) is 0.462. The molecule has 0 heterocycles. The molecule has 0 radical (unpaired) electrons. The van der Waals surface area contributed by atoms with Crippen molar-refractivity contribution in [2.24, 2.45) is 5.73 Å². The molecule has 1 amide bonds. The van der Waals surface area contributed by atoms with E-state index in [1.165, 1.54) is 0 Å². The number of amides is 1. The third-order valence-electron chi connectivity index (χ3n) is 2.90. The highest BCUT2D eigenvalue weighted by Crippen LogP contribution is 2.25. The minimum atomic E-state index is -0.0531. The summed E-state index contributed by atoms with van der Waals surface area (Å²) in [7, 11) is 5.36. The number of carbonyl (C=O) groups is 1. The molecule has 0 spiro atoms. The lowest BCUT2D eigenvalue weighted by Crippen LogP contribution is -2.39. The number of benzene rings is 1. The SMILES string of the molecule is CN(C)C(=O)CN(C)C(CN)c1ccccc1Cl. The first kappa shape index (κ1) is 15.0. The second-order valence-corrected chi connectivity index (χ2v) is 4.88. The summed E-state index contributed by atoms with van der Waals surface area (Å²) < 4.78 is 0. The number of rotatable bonds is 5. The molecule has 0 bridgehead atoms. The summed E-state index contributed by atoms with van der Waals surface area (Å²) >= 11 is 6.16. The van der Waals surface area contributed by atoms with Crippen LogP contribution in [0, 0.1) is 0 Å². The molecule has 100 valence electrons. The van der Waals surface area contributed by atoms with E-state index in [2.05, 4.69) is 0 Å². The molecule has 0 saturated heterocycles. The molecule has 0 aromatic heterocycles. The predicted molar refractivity (Wildman–Crippen MR) is 74.6 cm³/mol. The van der Waals surface area contributed by atoms with E-state index in [1.54, 1.807) is 19.0 Å². The standard InChI is InChI=1S/C13H20ClN3O/c1-16(2)13(18)9-17(3)12(8-15)10-6-4-5-7-11(10)14/h4-7,12H,8-9,15H2,1-3H3. The van der Waals surface area contributed by atoms with Crippen LogP contribution in [-0.2, 0) is 4.79 Å². The highest BCUT2D eigenvalue weighted by Gasteiger charge is 2.20. The van der Waals surface area contributed by atoms with Gasteiger partial charge >= 0.3 is 0 Å². The molecule has 1 rings (SSSR count). The number of likely N-dealkylation sites (N-methyl/N-ethyl adjacent to an activating group) is 2. The van der Waals surface area contributed by atoms with Gasteiger partial charge in [-0.1, -0.05) is 29.8 Å². The molecule has 0 saturated carbocycles. The van der Waals surface area contributed by atoms with Crippen LogP contribution in [0.5, 0.6) is 0 Å². The van der Waals surface area contributed by atoms with Crippen molar-refractivity contribution in [2.75, 3.05) is 34.2 Å². The molecular weight excluding hydrogens is 250 g/mol. The third-order valence-corrected chi connectivity index (χ3v) is 3.25. The molecular formula is C13H20ClN3O. The lowest BCUT2D eigenvalue weighted by atomic mass is 10.1. The molecule has 4 nitrogen and oxygen atoms in total. The average molecular weight is 270 g/mol. The van der Waals surface area contributed by atoms with Crippen molar-refractivity contribution in [1.29, 1.82) is 0 Å². The zero-order chi connectivity index (χ0) is 13.7. The Bertz CT molecular complexity index is 409. The summed E-state index contributed by atoms with van der Waals surface area (Å²) in [6.07, 6.45) is 0. The van der Waals surface area contributed by atoms with Gasteiger partial charge < -0.3 is 10.6 Å². The monoisotopic (exact) mass is 269 g/mol. The van der Waals surface area contributed by atoms with E-state index in [0.717, 1.165) is 5.56 Å². The van der Waals surface area contributed by atoms with E-state index in [9.17, 15) is 4.79 Å². The van der Waals surface area contributed by atoms with Crippen molar-refractivity contribution < 1.29 is 4.79 Å². The van der Waals surface area contributed by atoms with E-state index in [4.69, 9.17) is 17.3 Å². The summed E-state index contributed by atoms with van der Waals surface area (Å²) in [4.78, 5) is 15.2. The van der Waals surface area contributed by atoms with Gasteiger partial charge in [-0.25, -0.2) is 0 Å². The predicted octanol–water partition coefficient (Wildman–Crippen LogP) is 1.36. The van der Waals surface area contributed by atoms with Crippen molar-refractivity contribution in [1.82, 2.24) is 9.80 Å². The number of nitrogens with two attached hydrogens (primary N) is 1. The lowest BCUT2D eigenvalue weighted by Gasteiger charge is -2.28. The Kier molecular flexibility index (Phi) is 5.59. The summed E-state index contributed by atoms with van der Waals surface area (Å²) in [6, 6.07) is 7.52. The Hall–Kier alpha value is -1.10. The van der Waals surface area contributed by atoms with Crippen molar-refractivity contribution in [3.8, 4) is 0 Å². The van der Waals surface area contributed by atoms with E-state index < -0.39 is 0 Å². The maximum absolute atomic E-state index is 11.7. The second-order valence-electron chi connectivity index (χ2n) is 4.48. The first-order valence-electron chi connectivity index (χ1n) is 5.82. The van der Waals surface area contributed by atoms with E-state index >= 15 is 0 Å². The Morgan fingerprint density at radius 2 is 1.94 bits per heavy atom. The molecule has 5 heteroatoms. The Morgan fingerprint density at radius 3 is 2.44 bits per heavy atom. The first-order valence-corrected chi connectivity index (χ1v) is 6.20. The highest BCUT2D eigenvalue weighted by atomic mass is 35.5. The van der Waals surface area contributed by atoms with Crippen molar-refractivity contribution in [2.45, 2.75) is 6.04 Å². The van der Waals surface area contributed by atoms with Crippen LogP contribution in [0.2, 0.25) is 5.02 Å². The lowest BCUT2D eigenvalue weighted by molar-refractivity contribution is -0.130. The minimum Gasteiger partial charge on any atom is -0.348 e. The molecule has 0 aliphatic carbocycles. The highest BCUT2D eigenvalue weighted by molar-refractivity contribution is 6.31. The van der Waals surface area contributed by atoms with Gasteiger partial charge in [-0.2, -0.15) is 0 Å². The summed E-state index contributed by atoms with van der Waals surface area (Å²) in [5.41, 5.74) is 6.76. The zero-order valence-corrected chi connectivity index (χ0v) is 11.8. The molecule has 1 aromatic carbocycles. The van der Waals surface area contributed by atoms with Crippen LogP contribution in [-0.4, -0.2) is 49.9 Å². The van der Waals surface area contributed by atoms with Crippen LogP contribution in [0.4, 0.5) is 0 Å². The number of halogens is 1. The van der Waals surface area contributed by atoms with Gasteiger partial charge in [0.2, 0.25) is 5.91 Å². The van der Waals surface area contributed by atoms with Crippen LogP contribution in [0.15, 0.2) is 24.3 Å². The fourth-order valence-corrected chi connectivity index (χ4v) is 2.02. The Morgan fingerprint density at radius 1 is 1.33 bits per heavy atom. The fourth-order valence-electron chi connectivity index (χ4n) is 1.75. The average Bonchev–Trinajstić information content (AvgIpc) is 2.32. The molecule has 18 heavy (non-hydrogen) atoms. The van der Waals surface area contributed by atoms with Crippen LogP contribution in [0.3, 0.4) is 0 Å². The zero-order valence-electron chi connectivity index (χ0n) is 11.1. The van der Waals surface area contributed by atoms with Gasteiger partial charge in [0.15, 0.2) is 0 Å².